The summed E-state index contributed by atoms with van der Waals surface area (Å²) in [6.45, 7) is 6.26. The Balaban J connectivity index is 2.50. The minimum Gasteiger partial charge on any atom is -0.468 e. The number of hydrogen-bond donors (Lipinski definition) is 1. The second-order valence-electron chi connectivity index (χ2n) is 5.01. The lowest BCUT2D eigenvalue weighted by Crippen LogP contribution is -2.52. The van der Waals surface area contributed by atoms with Crippen LogP contribution in [0.25, 0.3) is 0 Å². The molecular formula is C12H24N2O2. The van der Waals surface area contributed by atoms with E-state index in [1.165, 1.54) is 13.5 Å². The molecule has 1 aliphatic heterocycles. The summed E-state index contributed by atoms with van der Waals surface area (Å²) in [6, 6.07) is 0.228. The van der Waals surface area contributed by atoms with Gasteiger partial charge in [-0.3, -0.25) is 4.79 Å². The molecule has 0 aromatic rings. The number of piperidine rings is 1. The van der Waals surface area contributed by atoms with Crippen molar-refractivity contribution in [1.29, 1.82) is 0 Å². The molecule has 0 aliphatic carbocycles. The first kappa shape index (κ1) is 13.5. The molecule has 0 saturated carbocycles. The number of ether oxygens (including phenoxy) is 1. The normalized spacial score (nSPS) is 24.4. The number of carbonyl (C=O) groups is 1. The largest absolute Gasteiger partial charge is 0.468 e. The summed E-state index contributed by atoms with van der Waals surface area (Å²) in [7, 11) is 3.57. The molecule has 0 aromatic heterocycles. The molecule has 0 spiro atoms. The van der Waals surface area contributed by atoms with E-state index in [9.17, 15) is 4.79 Å². The van der Waals surface area contributed by atoms with Gasteiger partial charge in [-0.1, -0.05) is 13.8 Å². The first-order valence-corrected chi connectivity index (χ1v) is 6.07. The van der Waals surface area contributed by atoms with Crippen LogP contribution in [0, 0.1) is 5.92 Å². The topological polar surface area (TPSA) is 41.6 Å². The lowest BCUT2D eigenvalue weighted by molar-refractivity contribution is -0.144. The van der Waals surface area contributed by atoms with Crippen LogP contribution in [0.4, 0.5) is 0 Å². The summed E-state index contributed by atoms with van der Waals surface area (Å²) in [6.07, 6.45) is 2.34. The smallest absolute Gasteiger partial charge is 0.323 e. The van der Waals surface area contributed by atoms with E-state index in [0.717, 1.165) is 19.5 Å². The van der Waals surface area contributed by atoms with Gasteiger partial charge in [-0.05, 0) is 32.4 Å². The molecule has 0 bridgehead atoms. The van der Waals surface area contributed by atoms with E-state index >= 15 is 0 Å². The summed E-state index contributed by atoms with van der Waals surface area (Å²) >= 11 is 0. The monoisotopic (exact) mass is 228 g/mol. The highest BCUT2D eigenvalue weighted by Gasteiger charge is 2.27. The second-order valence-corrected chi connectivity index (χ2v) is 5.01. The Morgan fingerprint density at radius 2 is 2.19 bits per heavy atom. The maximum Gasteiger partial charge on any atom is 0.323 e. The van der Waals surface area contributed by atoms with Crippen LogP contribution in [-0.2, 0) is 9.53 Å². The predicted molar refractivity (Wildman–Crippen MR) is 64.3 cm³/mol. The average molecular weight is 228 g/mol. The minimum atomic E-state index is -0.179. The van der Waals surface area contributed by atoms with Crippen molar-refractivity contribution in [2.75, 3.05) is 27.2 Å². The Labute approximate surface area is 98.3 Å². The molecule has 1 saturated heterocycles. The van der Waals surface area contributed by atoms with Crippen LogP contribution in [0.15, 0.2) is 0 Å². The van der Waals surface area contributed by atoms with Crippen molar-refractivity contribution in [3.8, 4) is 0 Å². The zero-order chi connectivity index (χ0) is 12.1. The molecule has 1 unspecified atom stereocenters. The summed E-state index contributed by atoms with van der Waals surface area (Å²) in [5.74, 6) is 0.114. The van der Waals surface area contributed by atoms with Gasteiger partial charge in [-0.25, -0.2) is 0 Å². The van der Waals surface area contributed by atoms with Crippen LogP contribution >= 0.6 is 0 Å². The van der Waals surface area contributed by atoms with Crippen LogP contribution < -0.4 is 5.32 Å². The van der Waals surface area contributed by atoms with Crippen LogP contribution in [-0.4, -0.2) is 50.2 Å². The van der Waals surface area contributed by atoms with Gasteiger partial charge in [0.1, 0.15) is 6.04 Å². The molecule has 0 radical (unpaired) electrons. The fourth-order valence-electron chi connectivity index (χ4n) is 2.22. The molecular weight excluding hydrogens is 204 g/mol. The van der Waals surface area contributed by atoms with E-state index in [0.29, 0.717) is 6.04 Å². The van der Waals surface area contributed by atoms with Crippen LogP contribution in [0.5, 0.6) is 0 Å². The zero-order valence-electron chi connectivity index (χ0n) is 10.8. The summed E-state index contributed by atoms with van der Waals surface area (Å²) in [5.41, 5.74) is 0. The first-order valence-electron chi connectivity index (χ1n) is 6.07. The predicted octanol–water partition coefficient (Wildman–Crippen LogP) is 0.868. The average Bonchev–Trinajstić information content (AvgIpc) is 2.24. The highest BCUT2D eigenvalue weighted by Crippen LogP contribution is 2.12. The molecule has 1 N–H and O–H groups in total. The maximum atomic E-state index is 11.6. The number of nitrogens with zero attached hydrogens (tertiary/aromatic N) is 1. The maximum absolute atomic E-state index is 11.6. The van der Waals surface area contributed by atoms with E-state index < -0.39 is 0 Å². The lowest BCUT2D eigenvalue weighted by atomic mass is 10.00. The van der Waals surface area contributed by atoms with E-state index in [1.54, 1.807) is 0 Å². The van der Waals surface area contributed by atoms with Crippen LogP contribution in [0.1, 0.15) is 26.7 Å². The van der Waals surface area contributed by atoms with E-state index in [1.807, 2.05) is 13.8 Å². The number of rotatable bonds is 4. The third-order valence-electron chi connectivity index (χ3n) is 3.16. The van der Waals surface area contributed by atoms with E-state index in [-0.39, 0.29) is 17.9 Å². The van der Waals surface area contributed by atoms with Crippen molar-refractivity contribution in [2.24, 2.45) is 5.92 Å². The Morgan fingerprint density at radius 1 is 1.50 bits per heavy atom. The quantitative estimate of drug-likeness (QED) is 0.725. The van der Waals surface area contributed by atoms with Gasteiger partial charge < -0.3 is 15.0 Å². The van der Waals surface area contributed by atoms with Gasteiger partial charge in [-0.2, -0.15) is 0 Å². The minimum absolute atomic E-state index is 0.150. The molecule has 1 rings (SSSR count). The van der Waals surface area contributed by atoms with Crippen molar-refractivity contribution >= 4 is 5.97 Å². The molecule has 4 heteroatoms. The Kier molecular flexibility index (Phi) is 5.22. The van der Waals surface area contributed by atoms with Gasteiger partial charge >= 0.3 is 5.97 Å². The molecule has 2 atom stereocenters. The first-order chi connectivity index (χ1) is 7.54. The van der Waals surface area contributed by atoms with Gasteiger partial charge in [0.25, 0.3) is 0 Å². The van der Waals surface area contributed by atoms with Crippen molar-refractivity contribution in [3.05, 3.63) is 0 Å². The van der Waals surface area contributed by atoms with Gasteiger partial charge in [0.15, 0.2) is 0 Å². The Morgan fingerprint density at radius 3 is 2.69 bits per heavy atom. The number of likely N-dealkylation sites (N-methyl/N-ethyl adjacent to an activating group) is 1. The highest BCUT2D eigenvalue weighted by molar-refractivity contribution is 5.75. The van der Waals surface area contributed by atoms with E-state index in [2.05, 4.69) is 17.3 Å². The van der Waals surface area contributed by atoms with Crippen molar-refractivity contribution in [3.63, 3.8) is 0 Å². The summed E-state index contributed by atoms with van der Waals surface area (Å²) < 4.78 is 4.83. The molecule has 1 fully saturated rings. The molecule has 0 amide bonds. The van der Waals surface area contributed by atoms with Gasteiger partial charge in [-0.15, -0.1) is 0 Å². The standard InChI is InChI=1S/C12H24N2O2/c1-9(2)11(12(15)16-4)13-10-6-5-7-14(3)8-10/h9-11,13H,5-8H2,1-4H3/t10?,11-/m0/s1. The number of methoxy groups -OCH3 is 1. The van der Waals surface area contributed by atoms with Crippen LogP contribution in [0.3, 0.4) is 0 Å². The van der Waals surface area contributed by atoms with Crippen molar-refractivity contribution in [1.82, 2.24) is 10.2 Å². The zero-order valence-corrected chi connectivity index (χ0v) is 10.8. The Hall–Kier alpha value is -0.610. The summed E-state index contributed by atoms with van der Waals surface area (Å²) in [4.78, 5) is 13.9. The molecule has 4 nitrogen and oxygen atoms in total. The fourth-order valence-corrected chi connectivity index (χ4v) is 2.22. The number of likely N-dealkylation sites (tertiary alicyclic amines) is 1. The molecule has 0 aromatic carbocycles. The number of carbonyl (C=O) groups excluding carboxylic acids is 1. The Bertz CT molecular complexity index is 231. The number of nitrogens with one attached hydrogen (secondary N) is 1. The number of hydrogen-bond acceptors (Lipinski definition) is 4. The molecule has 94 valence electrons. The SMILES string of the molecule is COC(=O)[C@@H](NC1CCCN(C)C1)C(C)C. The number of esters is 1. The second kappa shape index (κ2) is 6.21. The molecule has 1 heterocycles. The van der Waals surface area contributed by atoms with Gasteiger partial charge in [0.2, 0.25) is 0 Å². The highest BCUT2D eigenvalue weighted by atomic mass is 16.5. The third-order valence-corrected chi connectivity index (χ3v) is 3.16. The fraction of sp³-hybridized carbons (Fsp3) is 0.917. The molecule has 1 aliphatic rings. The molecule has 16 heavy (non-hydrogen) atoms. The van der Waals surface area contributed by atoms with Crippen molar-refractivity contribution in [2.45, 2.75) is 38.8 Å². The van der Waals surface area contributed by atoms with Crippen LogP contribution in [0.2, 0.25) is 0 Å². The lowest BCUT2D eigenvalue weighted by Gasteiger charge is -2.33. The van der Waals surface area contributed by atoms with Gasteiger partial charge in [0, 0.05) is 12.6 Å². The third kappa shape index (κ3) is 3.76. The van der Waals surface area contributed by atoms with E-state index in [4.69, 9.17) is 4.74 Å². The van der Waals surface area contributed by atoms with Gasteiger partial charge in [0.05, 0.1) is 7.11 Å². The van der Waals surface area contributed by atoms with Crippen molar-refractivity contribution < 1.29 is 9.53 Å². The summed E-state index contributed by atoms with van der Waals surface area (Å²) in [5, 5.41) is 3.42.